The van der Waals surface area contributed by atoms with Crippen LogP contribution in [0.1, 0.15) is 5.56 Å². The van der Waals surface area contributed by atoms with E-state index in [0.29, 0.717) is 0 Å². The molecule has 0 aliphatic carbocycles. The van der Waals surface area contributed by atoms with Crippen LogP contribution < -0.4 is 21.2 Å². The summed E-state index contributed by atoms with van der Waals surface area (Å²) >= 11 is 5.15. The summed E-state index contributed by atoms with van der Waals surface area (Å²) < 4.78 is 19.5. The Labute approximate surface area is 427 Å². The van der Waals surface area contributed by atoms with E-state index < -0.39 is 21.2 Å². The molecule has 17 rings (SSSR count). The van der Waals surface area contributed by atoms with Gasteiger partial charge >= 0.3 is 431 Å². The normalized spacial score (nSPS) is 13.4. The molecule has 1 aliphatic heterocycles. The number of para-hydroxylation sites is 3. The molecule has 10 aromatic carbocycles. The molecule has 0 saturated carbocycles. The molecule has 71 heavy (non-hydrogen) atoms. The van der Waals surface area contributed by atoms with Crippen LogP contribution in [-0.4, -0.2) is 13.7 Å². The standard InChI is InChI=1S/C64H35IN3S3/c1-7-20-50-36(14-1)42-28-45-39-17-4-10-24-59(39)69-62(45)33-54(42)66(50)53-23-13-27-65-49-32-58(68-52-22-9-3-16-38(52)44-30-47-41-19-6-12-26-61(41)71-64(47)35-56(44)68)57(31-48(49)53)67-51-21-8-2-15-37(51)43-29-46-40-18-5-11-25-60(40)70-63(46)34-55(43)67/h1-35H/q-1. The number of fused-ring (bicyclic) bond motifs is 19. The summed E-state index contributed by atoms with van der Waals surface area (Å²) in [5.74, 6) is 0. The van der Waals surface area contributed by atoms with Crippen LogP contribution in [0.2, 0.25) is 0 Å². The van der Waals surface area contributed by atoms with Gasteiger partial charge in [-0.05, 0) is 0 Å². The van der Waals surface area contributed by atoms with Gasteiger partial charge in [0.1, 0.15) is 0 Å². The number of thiophene rings is 3. The average molecular weight is 1070 g/mol. The van der Waals surface area contributed by atoms with Gasteiger partial charge in [-0.15, -0.1) is 0 Å². The molecule has 0 atom stereocenters. The van der Waals surface area contributed by atoms with Crippen molar-refractivity contribution < 1.29 is 21.2 Å². The number of nitrogens with zero attached hydrogens (tertiary/aromatic N) is 3. The van der Waals surface area contributed by atoms with Crippen molar-refractivity contribution in [3.8, 4) is 11.4 Å². The van der Waals surface area contributed by atoms with Crippen molar-refractivity contribution in [1.29, 1.82) is 0 Å². The zero-order valence-electron chi connectivity index (χ0n) is 37.7. The number of aromatic nitrogens is 3. The van der Waals surface area contributed by atoms with Crippen LogP contribution >= 0.6 is 34.0 Å². The van der Waals surface area contributed by atoms with Crippen molar-refractivity contribution >= 4 is 166 Å². The quantitative estimate of drug-likeness (QED) is 0.157. The van der Waals surface area contributed by atoms with Gasteiger partial charge in [0.15, 0.2) is 0 Å². The zero-order valence-corrected chi connectivity index (χ0v) is 42.3. The van der Waals surface area contributed by atoms with Gasteiger partial charge in [-0.25, -0.2) is 0 Å². The van der Waals surface area contributed by atoms with Crippen molar-refractivity contribution in [3.05, 3.63) is 219 Å². The van der Waals surface area contributed by atoms with Crippen molar-refractivity contribution in [2.24, 2.45) is 0 Å². The van der Waals surface area contributed by atoms with Gasteiger partial charge in [0, 0.05) is 0 Å². The van der Waals surface area contributed by atoms with E-state index in [1.807, 2.05) is 34.0 Å². The van der Waals surface area contributed by atoms with Crippen molar-refractivity contribution in [2.45, 2.75) is 0 Å². The molecular weight excluding hydrogens is 1030 g/mol. The summed E-state index contributed by atoms with van der Waals surface area (Å²) in [6, 6.07) is 73.8. The number of rotatable bonds is 3. The molecule has 6 aromatic heterocycles. The number of hydrogen-bond donors (Lipinski definition) is 0. The number of halogens is 1. The van der Waals surface area contributed by atoms with Crippen LogP contribution in [0.3, 0.4) is 0 Å². The van der Waals surface area contributed by atoms with Crippen LogP contribution in [0.25, 0.3) is 143 Å². The summed E-state index contributed by atoms with van der Waals surface area (Å²) in [6.45, 7) is 0. The molecule has 7 heteroatoms. The molecule has 332 valence electrons. The van der Waals surface area contributed by atoms with E-state index in [2.05, 4.69) is 224 Å². The molecule has 0 bridgehead atoms. The van der Waals surface area contributed by atoms with Crippen molar-refractivity contribution in [3.63, 3.8) is 0 Å². The van der Waals surface area contributed by atoms with Crippen LogP contribution in [-0.2, 0) is 0 Å². The van der Waals surface area contributed by atoms with Gasteiger partial charge in [0.2, 0.25) is 0 Å². The van der Waals surface area contributed by atoms with Crippen LogP contribution in [0.15, 0.2) is 210 Å². The fraction of sp³-hybridized carbons (Fsp3) is 0. The molecule has 0 spiro atoms. The Bertz CT molecular complexity index is 5100. The number of allylic oxidation sites excluding steroid dienone is 2. The topological polar surface area (TPSA) is 14.8 Å². The van der Waals surface area contributed by atoms with Gasteiger partial charge < -0.3 is 0 Å². The molecule has 0 unspecified atom stereocenters. The van der Waals surface area contributed by atoms with E-state index in [4.69, 9.17) is 0 Å². The number of hydrogen-bond acceptors (Lipinski definition) is 3. The third-order valence-electron chi connectivity index (χ3n) is 15.1. The second-order valence-corrected chi connectivity index (χ2v) is 24.5. The third kappa shape index (κ3) is 5.41. The fourth-order valence-corrected chi connectivity index (χ4v) is 17.5. The Morgan fingerprint density at radius 1 is 0.296 bits per heavy atom. The van der Waals surface area contributed by atoms with Crippen LogP contribution in [0, 0.1) is 3.57 Å². The van der Waals surface area contributed by atoms with Gasteiger partial charge in [-0.2, -0.15) is 0 Å². The van der Waals surface area contributed by atoms with E-state index >= 15 is 0 Å². The maximum absolute atomic E-state index is 2.60. The van der Waals surface area contributed by atoms with Crippen molar-refractivity contribution in [1.82, 2.24) is 13.7 Å². The first kappa shape index (κ1) is 39.2. The minimum absolute atomic E-state index is 0.534. The van der Waals surface area contributed by atoms with Crippen LogP contribution in [0.5, 0.6) is 0 Å². The van der Waals surface area contributed by atoms with E-state index in [1.165, 1.54) is 152 Å². The monoisotopic (exact) mass is 1070 g/mol. The van der Waals surface area contributed by atoms with Gasteiger partial charge in [0.25, 0.3) is 0 Å². The first-order valence-corrected chi connectivity index (χ1v) is 28.7. The first-order valence-electron chi connectivity index (χ1n) is 23.9. The predicted octanol–water partition coefficient (Wildman–Crippen LogP) is 15.8. The summed E-state index contributed by atoms with van der Waals surface area (Å²) in [7, 11) is 0. The second-order valence-electron chi connectivity index (χ2n) is 18.7. The van der Waals surface area contributed by atoms with Gasteiger partial charge in [-0.3, -0.25) is 0 Å². The third-order valence-corrected chi connectivity index (χ3v) is 20.8. The number of benzene rings is 10. The molecule has 0 radical (unpaired) electrons. The average Bonchev–Trinajstić information content (AvgIpc) is 4.24. The second kappa shape index (κ2) is 14.5. The van der Waals surface area contributed by atoms with E-state index in [9.17, 15) is 0 Å². The van der Waals surface area contributed by atoms with E-state index in [1.54, 1.807) is 0 Å². The molecular formula is C64H35IN3S3-. The Hall–Kier alpha value is -7.53. The summed E-state index contributed by atoms with van der Waals surface area (Å²) in [5, 5.41) is 15.6. The molecule has 16 aromatic rings. The molecule has 0 fully saturated rings. The Balaban J connectivity index is 1.02. The first-order chi connectivity index (χ1) is 35.2. The van der Waals surface area contributed by atoms with E-state index in [0.717, 1.165) is 0 Å². The molecule has 0 amide bonds. The zero-order chi connectivity index (χ0) is 46.1. The Morgan fingerprint density at radius 3 is 1.14 bits per heavy atom. The Kier molecular flexibility index (Phi) is 8.02. The SMILES string of the molecule is C1=C[I-]c2cc(-n3c4ccccc4c4cc5c(cc43)sc3ccccc35)c(-n3c4ccccc4c4cc5c(cc43)sc3ccccc35)cc2C(n2c3ccccc3c3cc4c(cc32)sc2ccccc24)=C1. The predicted molar refractivity (Wildman–Crippen MR) is 304 cm³/mol. The minimum atomic E-state index is -0.534. The maximum atomic E-state index is 2.60. The van der Waals surface area contributed by atoms with Gasteiger partial charge in [-0.1, -0.05) is 0 Å². The molecule has 7 heterocycles. The Morgan fingerprint density at radius 2 is 0.676 bits per heavy atom. The summed E-state index contributed by atoms with van der Waals surface area (Å²) in [4.78, 5) is 0. The summed E-state index contributed by atoms with van der Waals surface area (Å²) in [6.07, 6.45) is 4.72. The van der Waals surface area contributed by atoms with Gasteiger partial charge in [0.05, 0.1) is 0 Å². The van der Waals surface area contributed by atoms with Crippen molar-refractivity contribution in [2.75, 3.05) is 0 Å². The molecule has 0 saturated heterocycles. The summed E-state index contributed by atoms with van der Waals surface area (Å²) in [5.41, 5.74) is 12.2. The molecule has 1 aliphatic rings. The van der Waals surface area contributed by atoms with E-state index in [-0.39, 0.29) is 0 Å². The van der Waals surface area contributed by atoms with Crippen LogP contribution in [0.4, 0.5) is 0 Å². The molecule has 3 nitrogen and oxygen atoms in total. The fourth-order valence-electron chi connectivity index (χ4n) is 12.1. The molecule has 0 N–H and O–H groups in total.